The second-order valence-corrected chi connectivity index (χ2v) is 5.82. The molecule has 1 aliphatic carbocycles. The molecule has 1 aromatic carbocycles. The number of benzene rings is 1. The maximum atomic E-state index is 9.71. The Morgan fingerprint density at radius 2 is 1.95 bits per heavy atom. The molecule has 0 spiro atoms. The van der Waals surface area contributed by atoms with Crippen LogP contribution in [0.25, 0.3) is 10.9 Å². The minimum absolute atomic E-state index is 0.00720. The molecule has 0 amide bonds. The van der Waals surface area contributed by atoms with E-state index in [4.69, 9.17) is 0 Å². The van der Waals surface area contributed by atoms with E-state index in [1.807, 2.05) is 30.5 Å². The fraction of sp³-hybridized carbons (Fsp3) is 0.500. The van der Waals surface area contributed by atoms with Crippen molar-refractivity contribution in [1.29, 1.82) is 0 Å². The van der Waals surface area contributed by atoms with Gasteiger partial charge in [-0.1, -0.05) is 37.5 Å². The van der Waals surface area contributed by atoms with Gasteiger partial charge in [0.1, 0.15) is 0 Å². The van der Waals surface area contributed by atoms with E-state index in [9.17, 15) is 5.11 Å². The number of aliphatic hydroxyl groups is 1. The molecule has 4 heteroatoms. The number of hydrogen-bond donors (Lipinski definition) is 2. The number of aromatic nitrogens is 2. The smallest absolute Gasteiger partial charge is 0.223 e. The second-order valence-electron chi connectivity index (χ2n) is 5.82. The Hall–Kier alpha value is -1.68. The summed E-state index contributed by atoms with van der Waals surface area (Å²) in [4.78, 5) is 8.87. The minimum atomic E-state index is 0.00720. The van der Waals surface area contributed by atoms with Crippen molar-refractivity contribution in [1.82, 2.24) is 9.97 Å². The SMILES string of the molecule is OCC1(CNc2ncc3ccccc3n2)CCCCC1. The summed E-state index contributed by atoms with van der Waals surface area (Å²) in [6, 6.07) is 7.97. The Morgan fingerprint density at radius 3 is 2.75 bits per heavy atom. The number of hydrogen-bond acceptors (Lipinski definition) is 4. The number of rotatable bonds is 4. The number of anilines is 1. The molecule has 0 unspecified atom stereocenters. The van der Waals surface area contributed by atoms with Gasteiger partial charge >= 0.3 is 0 Å². The van der Waals surface area contributed by atoms with E-state index in [1.165, 1.54) is 19.3 Å². The van der Waals surface area contributed by atoms with Gasteiger partial charge < -0.3 is 10.4 Å². The minimum Gasteiger partial charge on any atom is -0.396 e. The molecule has 1 fully saturated rings. The van der Waals surface area contributed by atoms with Crippen molar-refractivity contribution >= 4 is 16.9 Å². The van der Waals surface area contributed by atoms with Crippen LogP contribution in [0, 0.1) is 5.41 Å². The molecular weight excluding hydrogens is 250 g/mol. The third-order valence-corrected chi connectivity index (χ3v) is 4.36. The zero-order valence-electron chi connectivity index (χ0n) is 11.7. The molecule has 3 rings (SSSR count). The van der Waals surface area contributed by atoms with Crippen molar-refractivity contribution < 1.29 is 5.11 Å². The highest BCUT2D eigenvalue weighted by Gasteiger charge is 2.31. The lowest BCUT2D eigenvalue weighted by Crippen LogP contribution is -2.35. The Bertz CT molecular complexity index is 579. The molecule has 0 atom stereocenters. The predicted molar refractivity (Wildman–Crippen MR) is 80.6 cm³/mol. The summed E-state index contributed by atoms with van der Waals surface area (Å²) in [5.41, 5.74) is 0.958. The summed E-state index contributed by atoms with van der Waals surface area (Å²) < 4.78 is 0. The first-order valence-corrected chi connectivity index (χ1v) is 7.38. The average molecular weight is 271 g/mol. The summed E-state index contributed by atoms with van der Waals surface area (Å²) in [6.07, 6.45) is 7.72. The van der Waals surface area contributed by atoms with Gasteiger partial charge in [-0.15, -0.1) is 0 Å². The number of para-hydroxylation sites is 1. The van der Waals surface area contributed by atoms with Crippen molar-refractivity contribution in [2.24, 2.45) is 5.41 Å². The fourth-order valence-electron chi connectivity index (χ4n) is 3.02. The molecule has 1 aromatic heterocycles. The van der Waals surface area contributed by atoms with Crippen molar-refractivity contribution in [3.63, 3.8) is 0 Å². The quantitative estimate of drug-likeness (QED) is 0.897. The normalized spacial score (nSPS) is 18.1. The molecule has 4 nitrogen and oxygen atoms in total. The summed E-state index contributed by atoms with van der Waals surface area (Å²) in [7, 11) is 0. The number of nitrogens with one attached hydrogen (secondary N) is 1. The molecule has 106 valence electrons. The standard InChI is InChI=1S/C16H21N3O/c20-12-16(8-4-1-5-9-16)11-18-15-17-10-13-6-2-3-7-14(13)19-15/h2-3,6-7,10,20H,1,4-5,8-9,11-12H2,(H,17,18,19). The average Bonchev–Trinajstić information content (AvgIpc) is 2.54. The van der Waals surface area contributed by atoms with E-state index in [-0.39, 0.29) is 12.0 Å². The van der Waals surface area contributed by atoms with Crippen LogP contribution in [0.4, 0.5) is 5.95 Å². The van der Waals surface area contributed by atoms with E-state index in [1.54, 1.807) is 0 Å². The monoisotopic (exact) mass is 271 g/mol. The van der Waals surface area contributed by atoms with Gasteiger partial charge in [0.15, 0.2) is 0 Å². The predicted octanol–water partition coefficient (Wildman–Crippen LogP) is 2.98. The topological polar surface area (TPSA) is 58.0 Å². The lowest BCUT2D eigenvalue weighted by atomic mass is 9.74. The zero-order valence-corrected chi connectivity index (χ0v) is 11.7. The molecule has 2 N–H and O–H groups in total. The Labute approximate surface area is 119 Å². The highest BCUT2D eigenvalue weighted by molar-refractivity contribution is 5.78. The van der Waals surface area contributed by atoms with Gasteiger partial charge in [-0.25, -0.2) is 9.97 Å². The van der Waals surface area contributed by atoms with Gasteiger partial charge in [0.05, 0.1) is 12.1 Å². The van der Waals surface area contributed by atoms with Crippen molar-refractivity contribution in [2.75, 3.05) is 18.5 Å². The Kier molecular flexibility index (Phi) is 3.83. The van der Waals surface area contributed by atoms with Gasteiger partial charge in [-0.05, 0) is 18.9 Å². The Balaban J connectivity index is 1.72. The molecule has 0 saturated heterocycles. The van der Waals surface area contributed by atoms with E-state index < -0.39 is 0 Å². The van der Waals surface area contributed by atoms with Crippen LogP contribution in [0.5, 0.6) is 0 Å². The number of nitrogens with zero attached hydrogens (tertiary/aromatic N) is 2. The summed E-state index contributed by atoms with van der Waals surface area (Å²) in [5, 5.41) is 14.1. The van der Waals surface area contributed by atoms with Gasteiger partial charge in [-0.3, -0.25) is 0 Å². The number of fused-ring (bicyclic) bond motifs is 1. The summed E-state index contributed by atoms with van der Waals surface area (Å²) >= 11 is 0. The van der Waals surface area contributed by atoms with Crippen LogP contribution in [0.15, 0.2) is 30.5 Å². The molecule has 0 aliphatic heterocycles. The van der Waals surface area contributed by atoms with E-state index in [0.29, 0.717) is 5.95 Å². The van der Waals surface area contributed by atoms with Crippen molar-refractivity contribution in [2.45, 2.75) is 32.1 Å². The van der Waals surface area contributed by atoms with Crippen molar-refractivity contribution in [3.8, 4) is 0 Å². The highest BCUT2D eigenvalue weighted by atomic mass is 16.3. The van der Waals surface area contributed by atoms with Gasteiger partial charge in [-0.2, -0.15) is 0 Å². The van der Waals surface area contributed by atoms with E-state index in [0.717, 1.165) is 30.3 Å². The summed E-state index contributed by atoms with van der Waals surface area (Å²) in [5.74, 6) is 0.655. The van der Waals surface area contributed by atoms with Crippen molar-refractivity contribution in [3.05, 3.63) is 30.5 Å². The van der Waals surface area contributed by atoms with Crippen LogP contribution in [0.2, 0.25) is 0 Å². The molecule has 1 saturated carbocycles. The summed E-state index contributed by atoms with van der Waals surface area (Å²) in [6.45, 7) is 0.995. The molecule has 1 heterocycles. The molecular formula is C16H21N3O. The maximum Gasteiger partial charge on any atom is 0.223 e. The molecule has 20 heavy (non-hydrogen) atoms. The first-order valence-electron chi connectivity index (χ1n) is 7.38. The maximum absolute atomic E-state index is 9.71. The Morgan fingerprint density at radius 1 is 1.15 bits per heavy atom. The lowest BCUT2D eigenvalue weighted by molar-refractivity contribution is 0.0942. The molecule has 0 bridgehead atoms. The van der Waals surface area contributed by atoms with Gasteiger partial charge in [0.25, 0.3) is 0 Å². The largest absolute Gasteiger partial charge is 0.396 e. The van der Waals surface area contributed by atoms with Crippen LogP contribution < -0.4 is 5.32 Å². The van der Waals surface area contributed by atoms with Crippen LogP contribution in [-0.2, 0) is 0 Å². The van der Waals surface area contributed by atoms with Crippen LogP contribution in [0.3, 0.4) is 0 Å². The zero-order chi connectivity index (χ0) is 13.8. The third-order valence-electron chi connectivity index (χ3n) is 4.36. The highest BCUT2D eigenvalue weighted by Crippen LogP contribution is 2.35. The second kappa shape index (κ2) is 5.75. The van der Waals surface area contributed by atoms with Crippen LogP contribution in [0.1, 0.15) is 32.1 Å². The van der Waals surface area contributed by atoms with E-state index >= 15 is 0 Å². The van der Waals surface area contributed by atoms with Gasteiger partial charge in [0, 0.05) is 23.5 Å². The van der Waals surface area contributed by atoms with Gasteiger partial charge in [0.2, 0.25) is 5.95 Å². The fourth-order valence-corrected chi connectivity index (χ4v) is 3.02. The molecule has 1 aliphatic rings. The number of aliphatic hydroxyl groups excluding tert-OH is 1. The molecule has 2 aromatic rings. The molecule has 0 radical (unpaired) electrons. The van der Waals surface area contributed by atoms with Crippen LogP contribution >= 0.6 is 0 Å². The van der Waals surface area contributed by atoms with Crippen LogP contribution in [-0.4, -0.2) is 28.2 Å². The first kappa shape index (κ1) is 13.3. The lowest BCUT2D eigenvalue weighted by Gasteiger charge is -2.35. The first-order chi connectivity index (χ1) is 9.81. The third kappa shape index (κ3) is 2.75. The van der Waals surface area contributed by atoms with E-state index in [2.05, 4.69) is 15.3 Å².